The SMILES string of the molecule is Cc1ccc(S(=O)(=O)OCC(CO)COc2ccc(Br)cc2)cc1. The third kappa shape index (κ3) is 5.59. The fraction of sp³-hybridized carbons (Fsp3) is 0.294. The summed E-state index contributed by atoms with van der Waals surface area (Å²) in [5.41, 5.74) is 0.963. The molecule has 0 aliphatic carbocycles. The molecule has 0 bridgehead atoms. The Kier molecular flexibility index (Phi) is 6.79. The number of aliphatic hydroxyl groups is 1. The molecule has 24 heavy (non-hydrogen) atoms. The summed E-state index contributed by atoms with van der Waals surface area (Å²) in [7, 11) is -3.84. The van der Waals surface area contributed by atoms with Gasteiger partial charge in [0.1, 0.15) is 5.75 Å². The summed E-state index contributed by atoms with van der Waals surface area (Å²) in [5, 5.41) is 9.39. The van der Waals surface area contributed by atoms with Crippen LogP contribution in [0.15, 0.2) is 57.9 Å². The Labute approximate surface area is 150 Å². The highest BCUT2D eigenvalue weighted by Gasteiger charge is 2.18. The lowest BCUT2D eigenvalue weighted by Crippen LogP contribution is -2.23. The standard InChI is InChI=1S/C17H19BrO5S/c1-13-2-8-17(9-3-13)24(20,21)23-12-14(10-19)11-22-16-6-4-15(18)5-7-16/h2-9,14,19H,10-12H2,1H3. The molecule has 1 atom stereocenters. The Balaban J connectivity index is 1.90. The van der Waals surface area contributed by atoms with Gasteiger partial charge in [-0.15, -0.1) is 0 Å². The van der Waals surface area contributed by atoms with Crippen molar-refractivity contribution in [2.75, 3.05) is 19.8 Å². The van der Waals surface area contributed by atoms with Crippen molar-refractivity contribution in [2.24, 2.45) is 5.92 Å². The number of aliphatic hydroxyl groups excluding tert-OH is 1. The van der Waals surface area contributed by atoms with Crippen LogP contribution in [0.25, 0.3) is 0 Å². The van der Waals surface area contributed by atoms with Gasteiger partial charge in [0.25, 0.3) is 10.1 Å². The lowest BCUT2D eigenvalue weighted by molar-refractivity contribution is 0.118. The zero-order chi connectivity index (χ0) is 17.6. The Bertz CT molecular complexity index is 742. The highest BCUT2D eigenvalue weighted by Crippen LogP contribution is 2.18. The second-order valence-electron chi connectivity index (χ2n) is 5.37. The summed E-state index contributed by atoms with van der Waals surface area (Å²) in [6.45, 7) is 1.64. The Morgan fingerprint density at radius 3 is 2.25 bits per heavy atom. The molecule has 0 saturated heterocycles. The zero-order valence-corrected chi connectivity index (χ0v) is 15.6. The maximum atomic E-state index is 12.1. The molecular weight excluding hydrogens is 396 g/mol. The third-order valence-corrected chi connectivity index (χ3v) is 5.15. The third-order valence-electron chi connectivity index (χ3n) is 3.33. The minimum absolute atomic E-state index is 0.0959. The van der Waals surface area contributed by atoms with Crippen molar-refractivity contribution in [1.82, 2.24) is 0 Å². The monoisotopic (exact) mass is 414 g/mol. The van der Waals surface area contributed by atoms with Crippen LogP contribution in [-0.4, -0.2) is 33.3 Å². The van der Waals surface area contributed by atoms with Crippen molar-refractivity contribution >= 4 is 26.0 Å². The molecule has 0 amide bonds. The van der Waals surface area contributed by atoms with Gasteiger partial charge in [-0.05, 0) is 43.3 Å². The lowest BCUT2D eigenvalue weighted by Gasteiger charge is -2.15. The molecule has 0 spiro atoms. The Morgan fingerprint density at radius 2 is 1.67 bits per heavy atom. The normalized spacial score (nSPS) is 12.8. The van der Waals surface area contributed by atoms with Crippen molar-refractivity contribution in [1.29, 1.82) is 0 Å². The van der Waals surface area contributed by atoms with Gasteiger partial charge in [-0.25, -0.2) is 0 Å². The number of hydrogen-bond donors (Lipinski definition) is 1. The fourth-order valence-electron chi connectivity index (χ4n) is 1.86. The molecule has 5 nitrogen and oxygen atoms in total. The smallest absolute Gasteiger partial charge is 0.296 e. The fourth-order valence-corrected chi connectivity index (χ4v) is 3.10. The Morgan fingerprint density at radius 1 is 1.04 bits per heavy atom. The van der Waals surface area contributed by atoms with E-state index in [0.29, 0.717) is 5.75 Å². The minimum Gasteiger partial charge on any atom is -0.493 e. The van der Waals surface area contributed by atoms with Crippen molar-refractivity contribution in [3.05, 3.63) is 58.6 Å². The molecule has 2 rings (SSSR count). The summed E-state index contributed by atoms with van der Waals surface area (Å²) >= 11 is 3.33. The van der Waals surface area contributed by atoms with Gasteiger partial charge < -0.3 is 9.84 Å². The number of halogens is 1. The van der Waals surface area contributed by atoms with Crippen LogP contribution in [0.4, 0.5) is 0 Å². The molecule has 2 aromatic carbocycles. The molecule has 0 radical (unpaired) electrons. The van der Waals surface area contributed by atoms with Crippen LogP contribution in [0.5, 0.6) is 5.75 Å². The Hall–Kier alpha value is -1.41. The van der Waals surface area contributed by atoms with E-state index in [0.717, 1.165) is 10.0 Å². The van der Waals surface area contributed by atoms with E-state index in [9.17, 15) is 13.5 Å². The molecule has 0 aliphatic rings. The molecule has 7 heteroatoms. The van der Waals surface area contributed by atoms with Crippen LogP contribution in [0, 0.1) is 12.8 Å². The molecule has 1 unspecified atom stereocenters. The predicted octanol–water partition coefficient (Wildman–Crippen LogP) is 3.15. The average Bonchev–Trinajstić information content (AvgIpc) is 2.57. The van der Waals surface area contributed by atoms with E-state index in [2.05, 4.69) is 15.9 Å². The quantitative estimate of drug-likeness (QED) is 0.671. The summed E-state index contributed by atoms with van der Waals surface area (Å²) in [6.07, 6.45) is 0. The van der Waals surface area contributed by atoms with Crippen LogP contribution < -0.4 is 4.74 Å². The van der Waals surface area contributed by atoms with Gasteiger partial charge in [0.2, 0.25) is 0 Å². The van der Waals surface area contributed by atoms with E-state index in [1.54, 1.807) is 24.3 Å². The number of benzene rings is 2. The number of aryl methyl sites for hydroxylation is 1. The van der Waals surface area contributed by atoms with Gasteiger partial charge in [0, 0.05) is 10.4 Å². The van der Waals surface area contributed by atoms with Gasteiger partial charge in [0.15, 0.2) is 0 Å². The average molecular weight is 415 g/mol. The van der Waals surface area contributed by atoms with Crippen molar-refractivity contribution in [3.8, 4) is 5.75 Å². The number of ether oxygens (including phenoxy) is 1. The largest absolute Gasteiger partial charge is 0.493 e. The summed E-state index contributed by atoms with van der Waals surface area (Å²) in [6, 6.07) is 13.6. The van der Waals surface area contributed by atoms with Crippen molar-refractivity contribution < 1.29 is 22.4 Å². The van der Waals surface area contributed by atoms with E-state index in [4.69, 9.17) is 8.92 Å². The van der Waals surface area contributed by atoms with Crippen LogP contribution >= 0.6 is 15.9 Å². The van der Waals surface area contributed by atoms with E-state index in [-0.39, 0.29) is 24.7 Å². The predicted molar refractivity (Wildman–Crippen MR) is 94.5 cm³/mol. The molecule has 1 N–H and O–H groups in total. The van der Waals surface area contributed by atoms with Crippen LogP contribution in [0.3, 0.4) is 0 Å². The second kappa shape index (κ2) is 8.62. The summed E-state index contributed by atoms with van der Waals surface area (Å²) in [5.74, 6) is 0.187. The number of rotatable bonds is 8. The molecule has 0 aromatic heterocycles. The van der Waals surface area contributed by atoms with Crippen molar-refractivity contribution in [2.45, 2.75) is 11.8 Å². The molecule has 2 aromatic rings. The van der Waals surface area contributed by atoms with Gasteiger partial charge in [-0.2, -0.15) is 8.42 Å². The first-order valence-corrected chi connectivity index (χ1v) is 9.56. The first-order valence-electron chi connectivity index (χ1n) is 7.36. The molecule has 0 heterocycles. The molecule has 0 aliphatic heterocycles. The first kappa shape index (κ1) is 18.9. The van der Waals surface area contributed by atoms with Gasteiger partial charge in [0.05, 0.1) is 24.7 Å². The zero-order valence-electron chi connectivity index (χ0n) is 13.2. The molecule has 0 fully saturated rings. The number of hydrogen-bond acceptors (Lipinski definition) is 5. The minimum atomic E-state index is -3.84. The molecular formula is C17H19BrO5S. The highest BCUT2D eigenvalue weighted by molar-refractivity contribution is 9.10. The maximum absolute atomic E-state index is 12.1. The van der Waals surface area contributed by atoms with Crippen LogP contribution in [-0.2, 0) is 14.3 Å². The van der Waals surface area contributed by atoms with E-state index >= 15 is 0 Å². The lowest BCUT2D eigenvalue weighted by atomic mass is 10.2. The molecule has 0 saturated carbocycles. The topological polar surface area (TPSA) is 72.8 Å². The second-order valence-corrected chi connectivity index (χ2v) is 7.90. The van der Waals surface area contributed by atoms with Crippen molar-refractivity contribution in [3.63, 3.8) is 0 Å². The van der Waals surface area contributed by atoms with Crippen LogP contribution in [0.2, 0.25) is 0 Å². The van der Waals surface area contributed by atoms with Crippen LogP contribution in [0.1, 0.15) is 5.56 Å². The van der Waals surface area contributed by atoms with E-state index < -0.39 is 16.0 Å². The highest BCUT2D eigenvalue weighted by atomic mass is 79.9. The maximum Gasteiger partial charge on any atom is 0.296 e. The first-order chi connectivity index (χ1) is 11.4. The van der Waals surface area contributed by atoms with E-state index in [1.165, 1.54) is 12.1 Å². The van der Waals surface area contributed by atoms with E-state index in [1.807, 2.05) is 19.1 Å². The van der Waals surface area contributed by atoms with Gasteiger partial charge in [-0.1, -0.05) is 33.6 Å². The van der Waals surface area contributed by atoms with Gasteiger partial charge in [-0.3, -0.25) is 4.18 Å². The summed E-state index contributed by atoms with van der Waals surface area (Å²) in [4.78, 5) is 0.0959. The summed E-state index contributed by atoms with van der Waals surface area (Å²) < 4.78 is 35.8. The molecule has 130 valence electrons. The van der Waals surface area contributed by atoms with Gasteiger partial charge >= 0.3 is 0 Å².